The molecule has 0 amide bonds. The Morgan fingerprint density at radius 3 is 2.57 bits per heavy atom. The molecule has 0 N–H and O–H groups in total. The van der Waals surface area contributed by atoms with Crippen LogP contribution in [0.2, 0.25) is 0 Å². The Morgan fingerprint density at radius 2 is 1.80 bits per heavy atom. The van der Waals surface area contributed by atoms with Gasteiger partial charge in [0.25, 0.3) is 5.56 Å². The van der Waals surface area contributed by atoms with Gasteiger partial charge in [0.05, 0.1) is 11.9 Å². The van der Waals surface area contributed by atoms with Gasteiger partial charge in [0.2, 0.25) is 17.3 Å². The summed E-state index contributed by atoms with van der Waals surface area (Å²) in [5, 5.41) is 4.51. The third-order valence-electron chi connectivity index (χ3n) is 4.59. The zero-order chi connectivity index (χ0) is 20.9. The van der Waals surface area contributed by atoms with Crippen molar-refractivity contribution in [3.05, 3.63) is 76.7 Å². The molecule has 0 aliphatic carbocycles. The number of rotatable bonds is 3. The van der Waals surface area contributed by atoms with E-state index in [1.54, 1.807) is 12.1 Å². The molecule has 5 rings (SSSR count). The molecular formula is C20H11F3N4O3. The van der Waals surface area contributed by atoms with Gasteiger partial charge in [0.15, 0.2) is 0 Å². The van der Waals surface area contributed by atoms with Gasteiger partial charge in [-0.1, -0.05) is 29.4 Å². The van der Waals surface area contributed by atoms with Crippen molar-refractivity contribution < 1.29 is 22.1 Å². The van der Waals surface area contributed by atoms with Crippen molar-refractivity contribution in [2.45, 2.75) is 12.7 Å². The number of alkyl halides is 3. The van der Waals surface area contributed by atoms with E-state index in [2.05, 4.69) is 15.1 Å². The van der Waals surface area contributed by atoms with Crippen molar-refractivity contribution in [1.82, 2.24) is 19.7 Å². The highest BCUT2D eigenvalue weighted by molar-refractivity contribution is 6.01. The second kappa shape index (κ2) is 6.55. The fourth-order valence-electron chi connectivity index (χ4n) is 3.12. The average Bonchev–Trinajstić information content (AvgIpc) is 3.35. The van der Waals surface area contributed by atoms with Crippen molar-refractivity contribution in [2.75, 3.05) is 0 Å². The quantitative estimate of drug-likeness (QED) is 0.440. The molecule has 150 valence electrons. The van der Waals surface area contributed by atoms with Crippen LogP contribution in [0.25, 0.3) is 33.5 Å². The first-order valence-corrected chi connectivity index (χ1v) is 8.77. The van der Waals surface area contributed by atoms with Gasteiger partial charge in [-0.3, -0.25) is 9.36 Å². The monoisotopic (exact) mass is 412 g/mol. The van der Waals surface area contributed by atoms with Crippen LogP contribution < -0.4 is 5.56 Å². The number of hydrogen-bond donors (Lipinski definition) is 0. The first kappa shape index (κ1) is 18.1. The lowest BCUT2D eigenvalue weighted by Gasteiger charge is -2.05. The summed E-state index contributed by atoms with van der Waals surface area (Å²) in [7, 11) is 0. The minimum atomic E-state index is -4.43. The van der Waals surface area contributed by atoms with Crippen molar-refractivity contribution >= 4 is 22.1 Å². The molecule has 2 aromatic carbocycles. The summed E-state index contributed by atoms with van der Waals surface area (Å²) in [5.41, 5.74) is 0.301. The number of hydrogen-bond acceptors (Lipinski definition) is 6. The molecule has 0 fully saturated rings. The minimum absolute atomic E-state index is 0.0630. The van der Waals surface area contributed by atoms with E-state index in [0.717, 1.165) is 17.5 Å². The molecule has 10 heteroatoms. The molecule has 3 aromatic heterocycles. The highest BCUT2D eigenvalue weighted by Crippen LogP contribution is 2.30. The molecule has 3 heterocycles. The van der Waals surface area contributed by atoms with E-state index in [0.29, 0.717) is 16.7 Å². The topological polar surface area (TPSA) is 87.0 Å². The second-order valence-corrected chi connectivity index (χ2v) is 6.54. The number of furan rings is 1. The van der Waals surface area contributed by atoms with Gasteiger partial charge in [-0.2, -0.15) is 18.2 Å². The number of halogens is 3. The van der Waals surface area contributed by atoms with Gasteiger partial charge in [0.1, 0.15) is 17.6 Å². The maximum atomic E-state index is 12.7. The predicted octanol–water partition coefficient (Wildman–Crippen LogP) is 4.26. The zero-order valence-electron chi connectivity index (χ0n) is 15.1. The van der Waals surface area contributed by atoms with Crippen LogP contribution in [0.4, 0.5) is 13.2 Å². The Balaban J connectivity index is 1.45. The fraction of sp³-hybridized carbons (Fsp3) is 0.100. The SMILES string of the molecule is O=c1c2oc3ccccc3c2ncn1Cc1nc(-c2ccc(C(F)(F)F)cc2)no1. The van der Waals surface area contributed by atoms with E-state index in [-0.39, 0.29) is 23.8 Å². The lowest BCUT2D eigenvalue weighted by Crippen LogP contribution is -2.20. The second-order valence-electron chi connectivity index (χ2n) is 6.54. The Bertz CT molecular complexity index is 1430. The Hall–Kier alpha value is -3.95. The molecule has 5 aromatic rings. The molecule has 0 saturated heterocycles. The van der Waals surface area contributed by atoms with Crippen LogP contribution in [0.15, 0.2) is 68.6 Å². The van der Waals surface area contributed by atoms with Crippen LogP contribution in [0.1, 0.15) is 11.5 Å². The average molecular weight is 412 g/mol. The molecule has 0 spiro atoms. The highest BCUT2D eigenvalue weighted by Gasteiger charge is 2.30. The van der Waals surface area contributed by atoms with Crippen molar-refractivity contribution in [3.63, 3.8) is 0 Å². The van der Waals surface area contributed by atoms with Crippen molar-refractivity contribution in [2.24, 2.45) is 0 Å². The molecule has 30 heavy (non-hydrogen) atoms. The van der Waals surface area contributed by atoms with Crippen LogP contribution in [0.3, 0.4) is 0 Å². The maximum Gasteiger partial charge on any atom is 0.416 e. The smallest absolute Gasteiger partial charge is 0.416 e. The molecule has 0 aliphatic heterocycles. The van der Waals surface area contributed by atoms with E-state index in [9.17, 15) is 18.0 Å². The largest absolute Gasteiger partial charge is 0.448 e. The summed E-state index contributed by atoms with van der Waals surface area (Å²) in [6.07, 6.45) is -3.07. The Labute approximate surface area is 165 Å². The Kier molecular flexibility index (Phi) is 3.95. The number of benzene rings is 2. The lowest BCUT2D eigenvalue weighted by molar-refractivity contribution is -0.137. The summed E-state index contributed by atoms with van der Waals surface area (Å²) in [5.74, 6) is 0.216. The summed E-state index contributed by atoms with van der Waals surface area (Å²) < 4.78 is 50.1. The molecular weight excluding hydrogens is 401 g/mol. The number of fused-ring (bicyclic) bond motifs is 3. The van der Waals surface area contributed by atoms with E-state index in [1.807, 2.05) is 12.1 Å². The lowest BCUT2D eigenvalue weighted by atomic mass is 10.1. The van der Waals surface area contributed by atoms with Gasteiger partial charge in [0, 0.05) is 10.9 Å². The number of aromatic nitrogens is 4. The minimum Gasteiger partial charge on any atom is -0.448 e. The van der Waals surface area contributed by atoms with Crippen LogP contribution in [-0.4, -0.2) is 19.7 Å². The van der Waals surface area contributed by atoms with Crippen LogP contribution in [0, 0.1) is 0 Å². The standard InChI is InChI=1S/C20H11F3N4O3/c21-20(22,23)12-7-5-11(6-8-12)18-25-15(30-26-18)9-27-10-24-16-13-3-1-2-4-14(13)29-17(16)19(27)28/h1-8,10H,9H2. The van der Waals surface area contributed by atoms with Crippen LogP contribution >= 0.6 is 0 Å². The summed E-state index contributed by atoms with van der Waals surface area (Å²) in [6, 6.07) is 11.6. The van der Waals surface area contributed by atoms with Gasteiger partial charge in [-0.05, 0) is 24.3 Å². The predicted molar refractivity (Wildman–Crippen MR) is 99.6 cm³/mol. The molecule has 7 nitrogen and oxygen atoms in total. The van der Waals surface area contributed by atoms with Crippen LogP contribution in [0.5, 0.6) is 0 Å². The van der Waals surface area contributed by atoms with E-state index in [1.165, 1.54) is 23.0 Å². The van der Waals surface area contributed by atoms with Gasteiger partial charge in [-0.25, -0.2) is 4.98 Å². The normalized spacial score (nSPS) is 12.1. The van der Waals surface area contributed by atoms with E-state index in [4.69, 9.17) is 8.94 Å². The zero-order valence-corrected chi connectivity index (χ0v) is 15.1. The fourth-order valence-corrected chi connectivity index (χ4v) is 3.12. The Morgan fingerprint density at radius 1 is 1.03 bits per heavy atom. The van der Waals surface area contributed by atoms with Gasteiger partial charge < -0.3 is 8.94 Å². The molecule has 0 atom stereocenters. The van der Waals surface area contributed by atoms with Gasteiger partial charge >= 0.3 is 6.18 Å². The van der Waals surface area contributed by atoms with Gasteiger partial charge in [-0.15, -0.1) is 0 Å². The molecule has 0 unspecified atom stereocenters. The molecule has 0 bridgehead atoms. The van der Waals surface area contributed by atoms with Crippen molar-refractivity contribution in [1.29, 1.82) is 0 Å². The highest BCUT2D eigenvalue weighted by atomic mass is 19.4. The molecule has 0 saturated carbocycles. The third kappa shape index (κ3) is 3.02. The summed E-state index contributed by atoms with van der Waals surface area (Å²) in [6.45, 7) is -0.0630. The van der Waals surface area contributed by atoms with E-state index >= 15 is 0 Å². The third-order valence-corrected chi connectivity index (χ3v) is 4.59. The van der Waals surface area contributed by atoms with Crippen molar-refractivity contribution in [3.8, 4) is 11.4 Å². The number of nitrogens with zero attached hydrogens (tertiary/aromatic N) is 4. The van der Waals surface area contributed by atoms with E-state index < -0.39 is 17.3 Å². The number of para-hydroxylation sites is 1. The van der Waals surface area contributed by atoms with Crippen LogP contribution in [-0.2, 0) is 12.7 Å². The summed E-state index contributed by atoms with van der Waals surface area (Å²) >= 11 is 0. The molecule has 0 aliphatic rings. The molecule has 0 radical (unpaired) electrons. The first-order valence-electron chi connectivity index (χ1n) is 8.77. The maximum absolute atomic E-state index is 12.7. The summed E-state index contributed by atoms with van der Waals surface area (Å²) in [4.78, 5) is 21.2. The first-order chi connectivity index (χ1) is 14.4.